The molecule has 7 heteroatoms. The molecule has 0 amide bonds. The van der Waals surface area contributed by atoms with E-state index in [2.05, 4.69) is 10.3 Å². The largest absolute Gasteiger partial charge is 0.506 e. The highest BCUT2D eigenvalue weighted by molar-refractivity contribution is 6.32. The van der Waals surface area contributed by atoms with Gasteiger partial charge in [0.05, 0.1) is 17.7 Å². The maximum Gasteiger partial charge on any atom is 0.416 e. The minimum absolute atomic E-state index is 0.0999. The second-order valence-electron chi connectivity index (χ2n) is 2.98. The number of benzene rings is 1. The van der Waals surface area contributed by atoms with Crippen molar-refractivity contribution in [3.05, 3.63) is 28.3 Å². The molecule has 0 saturated heterocycles. The highest BCUT2D eigenvalue weighted by Gasteiger charge is 2.34. The Morgan fingerprint density at radius 2 is 2.06 bits per heavy atom. The fourth-order valence-corrected chi connectivity index (χ4v) is 1.35. The van der Waals surface area contributed by atoms with Crippen LogP contribution in [0, 0.1) is 0 Å². The predicted octanol–water partition coefficient (Wildman–Crippen LogP) is 2.72. The van der Waals surface area contributed by atoms with E-state index in [4.69, 9.17) is 16.7 Å². The molecule has 0 atom stereocenters. The van der Waals surface area contributed by atoms with Crippen LogP contribution in [0.3, 0.4) is 0 Å². The lowest BCUT2D eigenvalue weighted by molar-refractivity contribution is -0.138. The van der Waals surface area contributed by atoms with E-state index in [-0.39, 0.29) is 17.1 Å². The maximum absolute atomic E-state index is 12.6. The molecule has 0 saturated carbocycles. The van der Waals surface area contributed by atoms with E-state index in [0.717, 1.165) is 6.07 Å². The van der Waals surface area contributed by atoms with Crippen molar-refractivity contribution in [2.75, 3.05) is 7.11 Å². The van der Waals surface area contributed by atoms with Crippen LogP contribution in [-0.4, -0.2) is 12.2 Å². The first-order chi connectivity index (χ1) is 7.36. The summed E-state index contributed by atoms with van der Waals surface area (Å²) >= 11 is 5.53. The van der Waals surface area contributed by atoms with Gasteiger partial charge in [-0.2, -0.15) is 18.7 Å². The summed E-state index contributed by atoms with van der Waals surface area (Å²) in [4.78, 5) is 4.46. The summed E-state index contributed by atoms with van der Waals surface area (Å²) < 4.78 is 37.7. The molecule has 2 N–H and O–H groups in total. The van der Waals surface area contributed by atoms with Gasteiger partial charge in [0, 0.05) is 6.54 Å². The zero-order chi connectivity index (χ0) is 12.3. The number of nitrogens with one attached hydrogen (secondary N) is 1. The number of hydroxylamine groups is 1. The number of phenols is 1. The lowest BCUT2D eigenvalue weighted by Gasteiger charge is -2.14. The Morgan fingerprint density at radius 1 is 1.44 bits per heavy atom. The molecule has 1 aromatic rings. The van der Waals surface area contributed by atoms with Crippen molar-refractivity contribution in [3.63, 3.8) is 0 Å². The Labute approximate surface area is 94.7 Å². The molecule has 90 valence electrons. The lowest BCUT2D eigenvalue weighted by atomic mass is 10.1. The van der Waals surface area contributed by atoms with Gasteiger partial charge in [-0.3, -0.25) is 0 Å². The Hall–Kier alpha value is -0.980. The first kappa shape index (κ1) is 13.1. The molecule has 0 fully saturated rings. The van der Waals surface area contributed by atoms with Crippen LogP contribution >= 0.6 is 11.6 Å². The van der Waals surface area contributed by atoms with Crippen molar-refractivity contribution in [2.24, 2.45) is 0 Å². The van der Waals surface area contributed by atoms with Crippen LogP contribution in [-0.2, 0) is 17.6 Å². The molecule has 0 aromatic heterocycles. The maximum atomic E-state index is 12.6. The molecule has 0 bridgehead atoms. The number of halogens is 4. The SMILES string of the molecule is CONCc1cc(Cl)c(O)cc1C(F)(F)F. The fraction of sp³-hybridized carbons (Fsp3) is 0.333. The number of hydrogen-bond acceptors (Lipinski definition) is 3. The van der Waals surface area contributed by atoms with E-state index in [1.807, 2.05) is 0 Å². The Morgan fingerprint density at radius 3 is 2.56 bits per heavy atom. The van der Waals surface area contributed by atoms with Gasteiger partial charge in [0.25, 0.3) is 0 Å². The lowest BCUT2D eigenvalue weighted by Crippen LogP contribution is -2.16. The van der Waals surface area contributed by atoms with Crippen molar-refractivity contribution in [1.82, 2.24) is 5.48 Å². The van der Waals surface area contributed by atoms with Crippen molar-refractivity contribution >= 4 is 11.6 Å². The highest BCUT2D eigenvalue weighted by atomic mass is 35.5. The van der Waals surface area contributed by atoms with E-state index in [0.29, 0.717) is 6.07 Å². The zero-order valence-electron chi connectivity index (χ0n) is 8.23. The molecule has 3 nitrogen and oxygen atoms in total. The van der Waals surface area contributed by atoms with Gasteiger partial charge in [-0.15, -0.1) is 0 Å². The molecular formula is C9H9ClF3NO2. The van der Waals surface area contributed by atoms with Crippen LogP contribution in [0.5, 0.6) is 5.75 Å². The number of aromatic hydroxyl groups is 1. The van der Waals surface area contributed by atoms with Crippen molar-refractivity contribution in [2.45, 2.75) is 12.7 Å². The van der Waals surface area contributed by atoms with Gasteiger partial charge in [-0.1, -0.05) is 11.6 Å². The van der Waals surface area contributed by atoms with Gasteiger partial charge >= 0.3 is 6.18 Å². The van der Waals surface area contributed by atoms with E-state index in [1.54, 1.807) is 0 Å². The van der Waals surface area contributed by atoms with Gasteiger partial charge in [-0.05, 0) is 17.7 Å². The van der Waals surface area contributed by atoms with Crippen LogP contribution in [0.25, 0.3) is 0 Å². The predicted molar refractivity (Wildman–Crippen MR) is 52.0 cm³/mol. The number of rotatable bonds is 3. The van der Waals surface area contributed by atoms with E-state index in [9.17, 15) is 13.2 Å². The normalized spacial score (nSPS) is 11.8. The second kappa shape index (κ2) is 4.90. The summed E-state index contributed by atoms with van der Waals surface area (Å²) in [7, 11) is 1.29. The molecule has 0 spiro atoms. The minimum atomic E-state index is -4.55. The molecule has 0 unspecified atom stereocenters. The van der Waals surface area contributed by atoms with Gasteiger partial charge < -0.3 is 9.94 Å². The van der Waals surface area contributed by atoms with E-state index < -0.39 is 17.5 Å². The molecule has 0 aliphatic carbocycles. The van der Waals surface area contributed by atoms with Crippen molar-refractivity contribution < 1.29 is 23.1 Å². The fourth-order valence-electron chi connectivity index (χ4n) is 1.16. The summed E-state index contributed by atoms with van der Waals surface area (Å²) in [5.74, 6) is -0.602. The first-order valence-electron chi connectivity index (χ1n) is 4.20. The Balaban J connectivity index is 3.17. The van der Waals surface area contributed by atoms with Gasteiger partial charge in [0.15, 0.2) is 0 Å². The van der Waals surface area contributed by atoms with Crippen LogP contribution in [0.1, 0.15) is 11.1 Å². The van der Waals surface area contributed by atoms with Crippen LogP contribution in [0.15, 0.2) is 12.1 Å². The van der Waals surface area contributed by atoms with E-state index in [1.165, 1.54) is 7.11 Å². The molecule has 1 rings (SSSR count). The van der Waals surface area contributed by atoms with Crippen LogP contribution in [0.4, 0.5) is 13.2 Å². The third-order valence-corrected chi connectivity index (χ3v) is 2.19. The van der Waals surface area contributed by atoms with Gasteiger partial charge in [0.1, 0.15) is 5.75 Å². The minimum Gasteiger partial charge on any atom is -0.506 e. The molecule has 0 heterocycles. The molecule has 0 aliphatic heterocycles. The van der Waals surface area contributed by atoms with Crippen molar-refractivity contribution in [1.29, 1.82) is 0 Å². The number of phenolic OH excluding ortho intramolecular Hbond substituents is 1. The smallest absolute Gasteiger partial charge is 0.416 e. The van der Waals surface area contributed by atoms with Crippen LogP contribution < -0.4 is 5.48 Å². The van der Waals surface area contributed by atoms with Crippen LogP contribution in [0.2, 0.25) is 5.02 Å². The summed E-state index contributed by atoms with van der Waals surface area (Å²) in [5, 5.41) is 8.99. The van der Waals surface area contributed by atoms with E-state index >= 15 is 0 Å². The first-order valence-corrected chi connectivity index (χ1v) is 4.58. The molecule has 0 radical (unpaired) electrons. The average Bonchev–Trinajstić information content (AvgIpc) is 2.17. The average molecular weight is 256 g/mol. The third-order valence-electron chi connectivity index (χ3n) is 1.89. The Kier molecular flexibility index (Phi) is 4.01. The highest BCUT2D eigenvalue weighted by Crippen LogP contribution is 2.37. The monoisotopic (exact) mass is 255 g/mol. The van der Waals surface area contributed by atoms with Gasteiger partial charge in [-0.25, -0.2) is 0 Å². The second-order valence-corrected chi connectivity index (χ2v) is 3.39. The summed E-state index contributed by atoms with van der Waals surface area (Å²) in [6, 6.07) is 1.64. The third kappa shape index (κ3) is 3.01. The quantitative estimate of drug-likeness (QED) is 0.816. The zero-order valence-corrected chi connectivity index (χ0v) is 8.99. The molecule has 1 aromatic carbocycles. The molecular weight excluding hydrogens is 247 g/mol. The summed E-state index contributed by atoms with van der Waals surface area (Å²) in [6.45, 7) is -0.161. The van der Waals surface area contributed by atoms with Crippen molar-refractivity contribution in [3.8, 4) is 5.75 Å². The number of alkyl halides is 3. The summed E-state index contributed by atoms with van der Waals surface area (Å²) in [5.41, 5.74) is 1.24. The standard InChI is InChI=1S/C9H9ClF3NO2/c1-16-14-4-5-2-7(10)8(15)3-6(5)9(11,12)13/h2-3,14-15H,4H2,1H3. The summed E-state index contributed by atoms with van der Waals surface area (Å²) in [6.07, 6.45) is -4.55. The number of hydrogen-bond donors (Lipinski definition) is 2. The topological polar surface area (TPSA) is 41.5 Å². The molecule has 16 heavy (non-hydrogen) atoms. The Bertz CT molecular complexity index is 382. The molecule has 0 aliphatic rings. The van der Waals surface area contributed by atoms with Gasteiger partial charge in [0.2, 0.25) is 0 Å².